The van der Waals surface area contributed by atoms with Crippen molar-refractivity contribution in [3.05, 3.63) is 41.0 Å². The van der Waals surface area contributed by atoms with Crippen molar-refractivity contribution in [2.24, 2.45) is 11.3 Å². The topological polar surface area (TPSA) is 82.5 Å². The second-order valence-electron chi connectivity index (χ2n) is 9.84. The van der Waals surface area contributed by atoms with Crippen LogP contribution < -0.4 is 5.32 Å². The Morgan fingerprint density at radius 2 is 1.94 bits per heavy atom. The highest BCUT2D eigenvalue weighted by Crippen LogP contribution is 2.33. The van der Waals surface area contributed by atoms with Gasteiger partial charge in [0.2, 0.25) is 11.8 Å². The molecule has 0 radical (unpaired) electrons. The van der Waals surface area contributed by atoms with E-state index in [0.717, 1.165) is 21.7 Å². The molecule has 1 aliphatic rings. The Balaban J connectivity index is 1.70. The summed E-state index contributed by atoms with van der Waals surface area (Å²) in [6.45, 7) is 12.3. The van der Waals surface area contributed by atoms with Gasteiger partial charge >= 0.3 is 0 Å². The van der Waals surface area contributed by atoms with Crippen LogP contribution in [0.1, 0.15) is 64.8 Å². The number of rotatable bonds is 6. The summed E-state index contributed by atoms with van der Waals surface area (Å²) in [5.74, 6) is -0.453. The molecule has 2 heterocycles. The van der Waals surface area contributed by atoms with E-state index in [2.05, 4.69) is 10.3 Å². The van der Waals surface area contributed by atoms with Crippen LogP contribution >= 0.6 is 11.3 Å². The second-order valence-corrected chi connectivity index (χ2v) is 10.7. The Bertz CT molecular complexity index is 948. The molecule has 32 heavy (non-hydrogen) atoms. The fraction of sp³-hybridized carbons (Fsp3) is 0.560. The van der Waals surface area contributed by atoms with Crippen molar-refractivity contribution < 1.29 is 14.7 Å². The number of hydrogen-bond donors (Lipinski definition) is 2. The van der Waals surface area contributed by atoms with Crippen LogP contribution in [0.25, 0.3) is 10.4 Å². The van der Waals surface area contributed by atoms with Gasteiger partial charge in [-0.15, -0.1) is 11.3 Å². The van der Waals surface area contributed by atoms with E-state index in [0.29, 0.717) is 6.42 Å². The molecule has 0 bridgehead atoms. The van der Waals surface area contributed by atoms with E-state index in [1.54, 1.807) is 16.2 Å². The number of likely N-dealkylation sites (tertiary alicyclic amines) is 1. The third kappa shape index (κ3) is 5.21. The van der Waals surface area contributed by atoms with Gasteiger partial charge in [-0.1, -0.05) is 52.0 Å². The fourth-order valence-electron chi connectivity index (χ4n) is 4.56. The SMILES string of the molecule is CC[C@H](C(=O)N1C[C@H](O)C[C@H]1C(=O)N[C@@H](C)c1ccc(-c2scnc2C)cc1)C(C)(C)C. The molecule has 1 fully saturated rings. The molecular weight excluding hydrogens is 422 g/mol. The van der Waals surface area contributed by atoms with Crippen molar-refractivity contribution in [2.75, 3.05) is 6.54 Å². The van der Waals surface area contributed by atoms with Crippen molar-refractivity contribution in [1.82, 2.24) is 15.2 Å². The molecule has 1 saturated heterocycles. The molecule has 0 unspecified atom stereocenters. The Kier molecular flexibility index (Phi) is 7.40. The van der Waals surface area contributed by atoms with Crippen molar-refractivity contribution >= 4 is 23.2 Å². The molecule has 1 aromatic carbocycles. The van der Waals surface area contributed by atoms with E-state index in [4.69, 9.17) is 0 Å². The number of hydrogen-bond acceptors (Lipinski definition) is 5. The van der Waals surface area contributed by atoms with Gasteiger partial charge in [0, 0.05) is 18.9 Å². The smallest absolute Gasteiger partial charge is 0.243 e. The summed E-state index contributed by atoms with van der Waals surface area (Å²) in [5, 5.41) is 13.3. The van der Waals surface area contributed by atoms with E-state index in [1.807, 2.05) is 71.3 Å². The lowest BCUT2D eigenvalue weighted by molar-refractivity contribution is -0.144. The second kappa shape index (κ2) is 9.71. The monoisotopic (exact) mass is 457 g/mol. The molecule has 6 nitrogen and oxygen atoms in total. The van der Waals surface area contributed by atoms with Crippen molar-refractivity contribution in [2.45, 2.75) is 72.6 Å². The Morgan fingerprint density at radius 1 is 1.28 bits per heavy atom. The number of nitrogens with zero attached hydrogens (tertiary/aromatic N) is 2. The fourth-order valence-corrected chi connectivity index (χ4v) is 5.37. The first-order chi connectivity index (χ1) is 15.0. The maximum Gasteiger partial charge on any atom is 0.243 e. The molecule has 1 aliphatic heterocycles. The van der Waals surface area contributed by atoms with Gasteiger partial charge in [-0.05, 0) is 36.8 Å². The number of nitrogens with one attached hydrogen (secondary N) is 1. The normalized spacial score (nSPS) is 20.8. The number of carbonyl (C=O) groups excluding carboxylic acids is 2. The highest BCUT2D eigenvalue weighted by molar-refractivity contribution is 7.13. The minimum atomic E-state index is -0.676. The van der Waals surface area contributed by atoms with Gasteiger partial charge in [0.1, 0.15) is 6.04 Å². The highest BCUT2D eigenvalue weighted by atomic mass is 32.1. The predicted octanol–water partition coefficient (Wildman–Crippen LogP) is 4.33. The molecule has 4 atom stereocenters. The number of aromatic nitrogens is 1. The molecule has 2 N–H and O–H groups in total. The van der Waals surface area contributed by atoms with Gasteiger partial charge in [0.15, 0.2) is 0 Å². The quantitative estimate of drug-likeness (QED) is 0.676. The maximum absolute atomic E-state index is 13.2. The van der Waals surface area contributed by atoms with Crippen LogP contribution in [0.3, 0.4) is 0 Å². The summed E-state index contributed by atoms with van der Waals surface area (Å²) >= 11 is 1.61. The standard InChI is InChI=1S/C25H35N3O3S/c1-7-20(25(4,5)6)24(31)28-13-19(29)12-21(28)23(30)27-15(2)17-8-10-18(11-9-17)22-16(3)26-14-32-22/h8-11,14-15,19-21,29H,7,12-13H2,1-6H3,(H,27,30)/t15-,19+,20+,21-/m0/s1. The van der Waals surface area contributed by atoms with Crippen molar-refractivity contribution in [3.63, 3.8) is 0 Å². The van der Waals surface area contributed by atoms with Crippen LogP contribution in [0, 0.1) is 18.3 Å². The number of benzene rings is 1. The Labute approximate surface area is 195 Å². The number of aliphatic hydroxyl groups excluding tert-OH is 1. The molecule has 0 saturated carbocycles. The lowest BCUT2D eigenvalue weighted by Crippen LogP contribution is -2.50. The lowest BCUT2D eigenvalue weighted by atomic mass is 9.78. The Morgan fingerprint density at radius 3 is 2.47 bits per heavy atom. The zero-order valence-corrected chi connectivity index (χ0v) is 20.7. The van der Waals surface area contributed by atoms with E-state index >= 15 is 0 Å². The minimum absolute atomic E-state index is 0.0476. The molecular formula is C25H35N3O3S. The van der Waals surface area contributed by atoms with E-state index < -0.39 is 12.1 Å². The van der Waals surface area contributed by atoms with Crippen LogP contribution in [-0.4, -0.2) is 45.5 Å². The number of aryl methyl sites for hydroxylation is 1. The maximum atomic E-state index is 13.2. The number of amides is 2. The molecule has 0 aliphatic carbocycles. The molecule has 0 spiro atoms. The van der Waals surface area contributed by atoms with E-state index in [1.165, 1.54) is 0 Å². The summed E-state index contributed by atoms with van der Waals surface area (Å²) < 4.78 is 0. The minimum Gasteiger partial charge on any atom is -0.391 e. The number of β-amino-alcohol motifs (C(OH)–C–C–N with tert-alkyl or cyclic N) is 1. The van der Waals surface area contributed by atoms with E-state index in [9.17, 15) is 14.7 Å². The third-order valence-electron chi connectivity index (χ3n) is 6.39. The number of aliphatic hydroxyl groups is 1. The average Bonchev–Trinajstić information content (AvgIpc) is 3.33. The van der Waals surface area contributed by atoms with Gasteiger partial charge in [0.05, 0.1) is 28.2 Å². The lowest BCUT2D eigenvalue weighted by Gasteiger charge is -2.34. The summed E-state index contributed by atoms with van der Waals surface area (Å²) in [7, 11) is 0. The summed E-state index contributed by atoms with van der Waals surface area (Å²) in [4.78, 5) is 33.4. The summed E-state index contributed by atoms with van der Waals surface area (Å²) in [5.41, 5.74) is 4.74. The van der Waals surface area contributed by atoms with Crippen molar-refractivity contribution in [3.8, 4) is 10.4 Å². The van der Waals surface area contributed by atoms with Gasteiger partial charge in [-0.3, -0.25) is 9.59 Å². The summed E-state index contributed by atoms with van der Waals surface area (Å²) in [6.07, 6.45) is 0.295. The molecule has 7 heteroatoms. The summed E-state index contributed by atoms with van der Waals surface area (Å²) in [6, 6.07) is 7.26. The average molecular weight is 458 g/mol. The highest BCUT2D eigenvalue weighted by Gasteiger charge is 2.43. The van der Waals surface area contributed by atoms with Crippen LogP contribution in [0.4, 0.5) is 0 Å². The van der Waals surface area contributed by atoms with Crippen LogP contribution in [0.5, 0.6) is 0 Å². The van der Waals surface area contributed by atoms with Crippen LogP contribution in [0.15, 0.2) is 29.8 Å². The van der Waals surface area contributed by atoms with Gasteiger partial charge in [-0.25, -0.2) is 4.98 Å². The first kappa shape index (κ1) is 24.4. The molecule has 3 rings (SSSR count). The largest absolute Gasteiger partial charge is 0.391 e. The first-order valence-electron chi connectivity index (χ1n) is 11.3. The van der Waals surface area contributed by atoms with Gasteiger partial charge in [0.25, 0.3) is 0 Å². The predicted molar refractivity (Wildman–Crippen MR) is 128 cm³/mol. The molecule has 2 aromatic rings. The number of thiazole rings is 1. The first-order valence-corrected chi connectivity index (χ1v) is 12.2. The molecule has 2 amide bonds. The van der Waals surface area contributed by atoms with E-state index in [-0.39, 0.29) is 42.2 Å². The molecule has 1 aromatic heterocycles. The van der Waals surface area contributed by atoms with Gasteiger partial charge in [-0.2, -0.15) is 0 Å². The zero-order chi connectivity index (χ0) is 23.6. The Hall–Kier alpha value is -2.25. The van der Waals surface area contributed by atoms with Crippen LogP contribution in [-0.2, 0) is 9.59 Å². The third-order valence-corrected chi connectivity index (χ3v) is 7.37. The molecule has 174 valence electrons. The van der Waals surface area contributed by atoms with Crippen molar-refractivity contribution in [1.29, 1.82) is 0 Å². The zero-order valence-electron chi connectivity index (χ0n) is 19.9. The number of carbonyl (C=O) groups is 2. The van der Waals surface area contributed by atoms with Gasteiger partial charge < -0.3 is 15.3 Å². The van der Waals surface area contributed by atoms with Crippen LogP contribution in [0.2, 0.25) is 0 Å².